The Morgan fingerprint density at radius 3 is 2.37 bits per heavy atom. The molecule has 1 saturated heterocycles. The minimum absolute atomic E-state index is 0.0539. The second kappa shape index (κ2) is 8.23. The van der Waals surface area contributed by atoms with Gasteiger partial charge in [-0.15, -0.1) is 0 Å². The lowest BCUT2D eigenvalue weighted by atomic mass is 9.81. The number of rotatable bonds is 5. The van der Waals surface area contributed by atoms with E-state index in [-0.39, 0.29) is 29.4 Å². The highest BCUT2D eigenvalue weighted by molar-refractivity contribution is 6.00. The molecule has 2 amide bonds. The largest absolute Gasteiger partial charge is 0.331 e. The molecule has 2 atom stereocenters. The second-order valence-electron chi connectivity index (χ2n) is 7.58. The predicted octanol–water partition coefficient (Wildman–Crippen LogP) is 3.07. The van der Waals surface area contributed by atoms with Crippen molar-refractivity contribution >= 4 is 11.8 Å². The van der Waals surface area contributed by atoms with E-state index in [1.807, 2.05) is 43.3 Å². The van der Waals surface area contributed by atoms with Gasteiger partial charge in [-0.2, -0.15) is 5.26 Å². The maximum atomic E-state index is 14.4. The van der Waals surface area contributed by atoms with Gasteiger partial charge in [-0.1, -0.05) is 37.3 Å². The van der Waals surface area contributed by atoms with E-state index in [0.29, 0.717) is 12.8 Å². The molecule has 1 aliphatic heterocycles. The summed E-state index contributed by atoms with van der Waals surface area (Å²) in [6.07, 6.45) is 0.473. The van der Waals surface area contributed by atoms with Crippen molar-refractivity contribution in [1.82, 2.24) is 9.80 Å². The zero-order valence-corrected chi connectivity index (χ0v) is 17.2. The zero-order valence-electron chi connectivity index (χ0n) is 17.2. The van der Waals surface area contributed by atoms with Gasteiger partial charge in [-0.25, -0.2) is 8.78 Å². The maximum Gasteiger partial charge on any atom is 0.249 e. The lowest BCUT2D eigenvalue weighted by Crippen LogP contribution is -2.70. The van der Waals surface area contributed by atoms with Gasteiger partial charge in [0.25, 0.3) is 0 Å². The Hall–Kier alpha value is -3.27. The van der Waals surface area contributed by atoms with Crippen LogP contribution in [0.1, 0.15) is 30.0 Å². The smallest absolute Gasteiger partial charge is 0.249 e. The Balaban J connectivity index is 1.98. The van der Waals surface area contributed by atoms with Crippen molar-refractivity contribution in [1.29, 1.82) is 5.26 Å². The lowest BCUT2D eigenvalue weighted by Gasteiger charge is -2.50. The normalized spacial score (nSPS) is 21.7. The first-order valence-corrected chi connectivity index (χ1v) is 9.72. The van der Waals surface area contributed by atoms with Crippen LogP contribution >= 0.6 is 0 Å². The SMILES string of the molecule is CCC1(Cc2ccccc2)C(=O)N(C)C(Cc2c(C#N)ccc(F)c2F)C(=O)N1C. The molecular formula is C23H23F2N3O2. The summed E-state index contributed by atoms with van der Waals surface area (Å²) in [7, 11) is 3.07. The molecule has 1 aliphatic rings. The van der Waals surface area contributed by atoms with Gasteiger partial charge < -0.3 is 9.80 Å². The molecule has 0 N–H and O–H groups in total. The van der Waals surface area contributed by atoms with Crippen molar-refractivity contribution in [3.05, 3.63) is 70.8 Å². The van der Waals surface area contributed by atoms with Crippen molar-refractivity contribution in [3.8, 4) is 6.07 Å². The fourth-order valence-corrected chi connectivity index (χ4v) is 4.17. The first-order chi connectivity index (χ1) is 14.3. The number of likely N-dealkylation sites (N-methyl/N-ethyl adjacent to an activating group) is 2. The Labute approximate surface area is 174 Å². The fourth-order valence-electron chi connectivity index (χ4n) is 4.17. The molecular weight excluding hydrogens is 388 g/mol. The number of carbonyl (C=O) groups is 2. The number of nitrogens with zero attached hydrogens (tertiary/aromatic N) is 3. The second-order valence-corrected chi connectivity index (χ2v) is 7.58. The highest BCUT2D eigenvalue weighted by Gasteiger charge is 2.52. The number of benzene rings is 2. The van der Waals surface area contributed by atoms with Crippen LogP contribution in [0.25, 0.3) is 0 Å². The average molecular weight is 411 g/mol. The summed E-state index contributed by atoms with van der Waals surface area (Å²) in [5, 5.41) is 9.27. The van der Waals surface area contributed by atoms with Crippen LogP contribution in [0.3, 0.4) is 0 Å². The molecule has 2 aromatic carbocycles. The average Bonchev–Trinajstić information content (AvgIpc) is 2.76. The van der Waals surface area contributed by atoms with Gasteiger partial charge in [-0.3, -0.25) is 9.59 Å². The number of nitriles is 1. The van der Waals surface area contributed by atoms with Crippen LogP contribution in [0.5, 0.6) is 0 Å². The summed E-state index contributed by atoms with van der Waals surface area (Å²) in [5.74, 6) is -2.90. The van der Waals surface area contributed by atoms with Crippen LogP contribution < -0.4 is 0 Å². The van der Waals surface area contributed by atoms with Gasteiger partial charge in [0, 0.05) is 32.5 Å². The molecule has 156 valence electrons. The Kier molecular flexibility index (Phi) is 5.88. The van der Waals surface area contributed by atoms with E-state index in [4.69, 9.17) is 0 Å². The minimum atomic E-state index is -1.16. The molecule has 0 aliphatic carbocycles. The quantitative estimate of drug-likeness (QED) is 0.760. The molecule has 3 rings (SSSR count). The third kappa shape index (κ3) is 3.43. The summed E-state index contributed by atoms with van der Waals surface area (Å²) in [6, 6.07) is 12.3. The maximum absolute atomic E-state index is 14.4. The van der Waals surface area contributed by atoms with Crippen molar-refractivity contribution in [2.75, 3.05) is 14.1 Å². The van der Waals surface area contributed by atoms with Crippen molar-refractivity contribution in [2.45, 2.75) is 37.8 Å². The van der Waals surface area contributed by atoms with E-state index < -0.39 is 23.2 Å². The summed E-state index contributed by atoms with van der Waals surface area (Å²) >= 11 is 0. The number of hydrogen-bond acceptors (Lipinski definition) is 3. The first-order valence-electron chi connectivity index (χ1n) is 9.72. The molecule has 1 heterocycles. The van der Waals surface area contributed by atoms with E-state index in [1.54, 1.807) is 7.05 Å². The first kappa shape index (κ1) is 21.4. The third-order valence-corrected chi connectivity index (χ3v) is 6.08. The van der Waals surface area contributed by atoms with Crippen LogP contribution in [0.4, 0.5) is 8.78 Å². The van der Waals surface area contributed by atoms with Gasteiger partial charge in [-0.05, 0) is 24.1 Å². The Bertz CT molecular complexity index is 1020. The van der Waals surface area contributed by atoms with Gasteiger partial charge in [0.2, 0.25) is 11.8 Å². The van der Waals surface area contributed by atoms with E-state index in [0.717, 1.165) is 11.6 Å². The topological polar surface area (TPSA) is 64.4 Å². The molecule has 5 nitrogen and oxygen atoms in total. The number of hydrogen-bond donors (Lipinski definition) is 0. The molecule has 2 aromatic rings. The van der Waals surface area contributed by atoms with Crippen molar-refractivity contribution in [2.24, 2.45) is 0 Å². The zero-order chi connectivity index (χ0) is 22.1. The van der Waals surface area contributed by atoms with Crippen LogP contribution in [-0.2, 0) is 22.4 Å². The van der Waals surface area contributed by atoms with E-state index in [1.165, 1.54) is 22.9 Å². The van der Waals surface area contributed by atoms with Gasteiger partial charge in [0.1, 0.15) is 11.6 Å². The van der Waals surface area contributed by atoms with Crippen LogP contribution in [0, 0.1) is 23.0 Å². The van der Waals surface area contributed by atoms with E-state index >= 15 is 0 Å². The summed E-state index contributed by atoms with van der Waals surface area (Å²) < 4.78 is 28.2. The van der Waals surface area contributed by atoms with Gasteiger partial charge >= 0.3 is 0 Å². The van der Waals surface area contributed by atoms with Gasteiger partial charge in [0.05, 0.1) is 11.6 Å². The van der Waals surface area contributed by atoms with E-state index in [9.17, 15) is 23.6 Å². The summed E-state index contributed by atoms with van der Waals surface area (Å²) in [6.45, 7) is 1.85. The molecule has 0 radical (unpaired) electrons. The summed E-state index contributed by atoms with van der Waals surface area (Å²) in [4.78, 5) is 29.5. The van der Waals surface area contributed by atoms with Crippen LogP contribution in [0.2, 0.25) is 0 Å². The fraction of sp³-hybridized carbons (Fsp3) is 0.348. The number of piperazine rings is 1. The van der Waals surface area contributed by atoms with Crippen LogP contribution in [-0.4, -0.2) is 47.3 Å². The molecule has 7 heteroatoms. The summed E-state index contributed by atoms with van der Waals surface area (Å²) in [5.41, 5.74) is -0.401. The van der Waals surface area contributed by atoms with Crippen molar-refractivity contribution < 1.29 is 18.4 Å². The van der Waals surface area contributed by atoms with Gasteiger partial charge in [0.15, 0.2) is 11.6 Å². The molecule has 0 bridgehead atoms. The number of halogens is 2. The lowest BCUT2D eigenvalue weighted by molar-refractivity contribution is -0.167. The standard InChI is InChI=1S/C23H23F2N3O2/c1-4-23(13-15-8-6-5-7-9-15)22(30)27(2)19(21(29)28(23)3)12-17-16(14-26)10-11-18(24)20(17)25/h5-11,19H,4,12-13H2,1-3H3. The number of carbonyl (C=O) groups excluding carboxylic acids is 2. The monoisotopic (exact) mass is 411 g/mol. The Morgan fingerprint density at radius 1 is 1.10 bits per heavy atom. The molecule has 0 saturated carbocycles. The van der Waals surface area contributed by atoms with Crippen LogP contribution in [0.15, 0.2) is 42.5 Å². The molecule has 0 spiro atoms. The third-order valence-electron chi connectivity index (χ3n) is 6.08. The molecule has 1 fully saturated rings. The number of amides is 2. The minimum Gasteiger partial charge on any atom is -0.331 e. The highest BCUT2D eigenvalue weighted by Crippen LogP contribution is 2.33. The Morgan fingerprint density at radius 2 is 1.77 bits per heavy atom. The molecule has 0 aromatic heterocycles. The van der Waals surface area contributed by atoms with Crippen molar-refractivity contribution in [3.63, 3.8) is 0 Å². The molecule has 2 unspecified atom stereocenters. The predicted molar refractivity (Wildman–Crippen MR) is 107 cm³/mol. The highest BCUT2D eigenvalue weighted by atomic mass is 19.2. The van der Waals surface area contributed by atoms with E-state index in [2.05, 4.69) is 0 Å². The molecule has 30 heavy (non-hydrogen) atoms.